The van der Waals surface area contributed by atoms with Crippen molar-refractivity contribution in [2.75, 3.05) is 17.1 Å². The highest BCUT2D eigenvalue weighted by Gasteiger charge is 2.33. The van der Waals surface area contributed by atoms with Crippen LogP contribution in [0.2, 0.25) is 10.0 Å². The number of hydrogen-bond donors (Lipinski definition) is 1. The van der Waals surface area contributed by atoms with Gasteiger partial charge in [-0.05, 0) is 55.5 Å². The molecule has 2 aromatic rings. The van der Waals surface area contributed by atoms with E-state index in [1.54, 1.807) is 0 Å². The lowest BCUT2D eigenvalue weighted by molar-refractivity contribution is -0.140. The van der Waals surface area contributed by atoms with E-state index in [2.05, 4.69) is 5.32 Å². The average molecular weight is 555 g/mol. The molecule has 1 aliphatic carbocycles. The van der Waals surface area contributed by atoms with Gasteiger partial charge in [0.1, 0.15) is 12.6 Å². The molecule has 196 valence electrons. The first-order chi connectivity index (χ1) is 17.0. The second kappa shape index (κ2) is 12.3. The number of carbonyl (C=O) groups is 2. The molecule has 10 heteroatoms. The number of amides is 2. The summed E-state index contributed by atoms with van der Waals surface area (Å²) in [4.78, 5) is 28.6. The van der Waals surface area contributed by atoms with Crippen molar-refractivity contribution in [3.63, 3.8) is 0 Å². The second-order valence-corrected chi connectivity index (χ2v) is 12.0. The third kappa shape index (κ3) is 7.37. The van der Waals surface area contributed by atoms with Crippen LogP contribution < -0.4 is 9.62 Å². The van der Waals surface area contributed by atoms with E-state index in [1.807, 2.05) is 38.1 Å². The van der Waals surface area contributed by atoms with Gasteiger partial charge in [-0.3, -0.25) is 13.9 Å². The zero-order valence-corrected chi connectivity index (χ0v) is 23.2. The first-order valence-corrected chi connectivity index (χ1v) is 14.7. The minimum Gasteiger partial charge on any atom is -0.352 e. The molecule has 1 atom stereocenters. The fraction of sp³-hybridized carbons (Fsp3) is 0.462. The van der Waals surface area contributed by atoms with Crippen LogP contribution in [-0.4, -0.2) is 50.0 Å². The number of rotatable bonds is 10. The summed E-state index contributed by atoms with van der Waals surface area (Å²) in [5.74, 6) is -0.712. The van der Waals surface area contributed by atoms with E-state index in [1.165, 1.54) is 23.1 Å². The topological polar surface area (TPSA) is 86.8 Å². The van der Waals surface area contributed by atoms with Crippen molar-refractivity contribution < 1.29 is 18.0 Å². The van der Waals surface area contributed by atoms with E-state index >= 15 is 0 Å². The SMILES string of the molecule is CCC(C(=O)NC1CCCC1)N(Cc1ccccc1C)C(=O)CN(c1cc(Cl)cc(Cl)c1)S(C)(=O)=O. The van der Waals surface area contributed by atoms with Crippen molar-refractivity contribution in [2.24, 2.45) is 0 Å². The predicted molar refractivity (Wildman–Crippen MR) is 145 cm³/mol. The molecule has 0 aliphatic heterocycles. The Hall–Kier alpha value is -2.29. The van der Waals surface area contributed by atoms with E-state index in [9.17, 15) is 18.0 Å². The van der Waals surface area contributed by atoms with Crippen LogP contribution in [0.4, 0.5) is 5.69 Å². The van der Waals surface area contributed by atoms with Crippen LogP contribution in [0.1, 0.15) is 50.2 Å². The Kier molecular flexibility index (Phi) is 9.66. The lowest BCUT2D eigenvalue weighted by Crippen LogP contribution is -2.53. The minimum absolute atomic E-state index is 0.100. The summed E-state index contributed by atoms with van der Waals surface area (Å²) >= 11 is 12.2. The van der Waals surface area contributed by atoms with Gasteiger partial charge in [0.05, 0.1) is 11.9 Å². The summed E-state index contributed by atoms with van der Waals surface area (Å²) < 4.78 is 26.4. The molecule has 1 aliphatic rings. The van der Waals surface area contributed by atoms with Gasteiger partial charge in [0, 0.05) is 22.6 Å². The molecule has 2 aromatic carbocycles. The molecule has 1 unspecified atom stereocenters. The van der Waals surface area contributed by atoms with Crippen LogP contribution in [-0.2, 0) is 26.2 Å². The van der Waals surface area contributed by atoms with Crippen LogP contribution in [0, 0.1) is 6.92 Å². The van der Waals surface area contributed by atoms with Gasteiger partial charge >= 0.3 is 0 Å². The third-order valence-electron chi connectivity index (χ3n) is 6.50. The molecular formula is C26H33Cl2N3O4S. The molecule has 1 N–H and O–H groups in total. The van der Waals surface area contributed by atoms with Gasteiger partial charge in [0.2, 0.25) is 21.8 Å². The number of sulfonamides is 1. The number of nitrogens with one attached hydrogen (secondary N) is 1. The third-order valence-corrected chi connectivity index (χ3v) is 8.08. The van der Waals surface area contributed by atoms with Gasteiger partial charge in [-0.25, -0.2) is 8.42 Å². The lowest BCUT2D eigenvalue weighted by Gasteiger charge is -2.33. The Morgan fingerprint density at radius 2 is 1.69 bits per heavy atom. The standard InChI is InChI=1S/C26H33Cl2N3O4S/c1-4-24(26(33)29-22-11-7-8-12-22)30(16-19-10-6-5-9-18(19)2)25(32)17-31(36(3,34)35)23-14-20(27)13-21(28)15-23/h5-6,9-10,13-15,22,24H,4,7-8,11-12,16-17H2,1-3H3,(H,29,33). The Labute approximate surface area is 223 Å². The highest BCUT2D eigenvalue weighted by molar-refractivity contribution is 7.92. The Bertz CT molecular complexity index is 1180. The average Bonchev–Trinajstić information content (AvgIpc) is 3.30. The highest BCUT2D eigenvalue weighted by atomic mass is 35.5. The summed E-state index contributed by atoms with van der Waals surface area (Å²) in [5, 5.41) is 3.59. The van der Waals surface area contributed by atoms with E-state index in [0.717, 1.165) is 47.4 Å². The maximum absolute atomic E-state index is 13.8. The Morgan fingerprint density at radius 1 is 1.08 bits per heavy atom. The fourth-order valence-electron chi connectivity index (χ4n) is 4.56. The molecule has 0 bridgehead atoms. The number of aryl methyl sites for hydroxylation is 1. The molecule has 0 heterocycles. The van der Waals surface area contributed by atoms with E-state index in [0.29, 0.717) is 6.42 Å². The molecule has 1 saturated carbocycles. The molecular weight excluding hydrogens is 521 g/mol. The van der Waals surface area contributed by atoms with Gasteiger partial charge in [-0.15, -0.1) is 0 Å². The summed E-state index contributed by atoms with van der Waals surface area (Å²) in [7, 11) is -3.86. The van der Waals surface area contributed by atoms with Crippen molar-refractivity contribution in [3.8, 4) is 0 Å². The molecule has 0 aromatic heterocycles. The Balaban J connectivity index is 1.95. The molecule has 1 fully saturated rings. The number of anilines is 1. The molecule has 7 nitrogen and oxygen atoms in total. The van der Waals surface area contributed by atoms with Crippen LogP contribution in [0.25, 0.3) is 0 Å². The second-order valence-electron chi connectivity index (χ2n) is 9.26. The maximum atomic E-state index is 13.8. The smallest absolute Gasteiger partial charge is 0.244 e. The minimum atomic E-state index is -3.86. The van der Waals surface area contributed by atoms with Crippen LogP contribution in [0.3, 0.4) is 0 Å². The van der Waals surface area contributed by atoms with Crippen molar-refractivity contribution in [2.45, 2.75) is 64.6 Å². The predicted octanol–water partition coefficient (Wildman–Crippen LogP) is 4.93. The molecule has 0 spiro atoms. The van der Waals surface area contributed by atoms with Crippen molar-refractivity contribution in [1.29, 1.82) is 0 Å². The summed E-state index contributed by atoms with van der Waals surface area (Å²) in [6.07, 6.45) is 5.39. The van der Waals surface area contributed by atoms with Crippen LogP contribution >= 0.6 is 23.2 Å². The van der Waals surface area contributed by atoms with E-state index in [-0.39, 0.29) is 34.2 Å². The van der Waals surface area contributed by atoms with Crippen LogP contribution in [0.15, 0.2) is 42.5 Å². The molecule has 0 radical (unpaired) electrons. The Morgan fingerprint density at radius 3 is 2.25 bits per heavy atom. The van der Waals surface area contributed by atoms with Crippen molar-refractivity contribution >= 4 is 50.7 Å². The number of nitrogens with zero attached hydrogens (tertiary/aromatic N) is 2. The molecule has 2 amide bonds. The number of carbonyl (C=O) groups excluding carboxylic acids is 2. The van der Waals surface area contributed by atoms with E-state index in [4.69, 9.17) is 23.2 Å². The van der Waals surface area contributed by atoms with Gasteiger partial charge in [-0.2, -0.15) is 0 Å². The monoisotopic (exact) mass is 553 g/mol. The van der Waals surface area contributed by atoms with Gasteiger partial charge in [0.15, 0.2) is 0 Å². The quantitative estimate of drug-likeness (QED) is 0.451. The first-order valence-electron chi connectivity index (χ1n) is 12.1. The van der Waals surface area contributed by atoms with Crippen molar-refractivity contribution in [3.05, 3.63) is 63.6 Å². The summed E-state index contributed by atoms with van der Waals surface area (Å²) in [6.45, 7) is 3.47. The number of benzene rings is 2. The van der Waals surface area contributed by atoms with Gasteiger partial charge in [-0.1, -0.05) is 67.2 Å². The summed E-state index contributed by atoms with van der Waals surface area (Å²) in [5.41, 5.74) is 2.04. The number of hydrogen-bond acceptors (Lipinski definition) is 4. The zero-order chi connectivity index (χ0) is 26.5. The lowest BCUT2D eigenvalue weighted by atomic mass is 10.1. The van der Waals surface area contributed by atoms with Crippen molar-refractivity contribution in [1.82, 2.24) is 10.2 Å². The molecule has 0 saturated heterocycles. The number of halogens is 2. The first kappa shape index (κ1) is 28.3. The van der Waals surface area contributed by atoms with Gasteiger partial charge in [0.25, 0.3) is 0 Å². The maximum Gasteiger partial charge on any atom is 0.244 e. The van der Waals surface area contributed by atoms with Crippen LogP contribution in [0.5, 0.6) is 0 Å². The largest absolute Gasteiger partial charge is 0.352 e. The fourth-order valence-corrected chi connectivity index (χ4v) is 5.90. The molecule has 3 rings (SSSR count). The highest BCUT2D eigenvalue weighted by Crippen LogP contribution is 2.28. The molecule has 36 heavy (non-hydrogen) atoms. The van der Waals surface area contributed by atoms with Gasteiger partial charge < -0.3 is 10.2 Å². The van der Waals surface area contributed by atoms with E-state index < -0.39 is 28.5 Å². The zero-order valence-electron chi connectivity index (χ0n) is 20.8. The summed E-state index contributed by atoms with van der Waals surface area (Å²) in [6, 6.07) is 11.3. The normalized spacial score (nSPS) is 14.9.